The predicted octanol–water partition coefficient (Wildman–Crippen LogP) is 4.58. The molecule has 10 heteroatoms. The molecule has 0 saturated carbocycles. The Morgan fingerprint density at radius 2 is 1.70 bits per heavy atom. The molecular weight excluding hydrogens is 581 g/mol. The zero-order chi connectivity index (χ0) is 29.6. The number of hydrogen-bond acceptors (Lipinski definition) is 7. The molecular formula is C33H36N4O4S2. The van der Waals surface area contributed by atoms with E-state index in [0.29, 0.717) is 24.5 Å². The Labute approximate surface area is 257 Å². The average molecular weight is 617 g/mol. The number of anilines is 1. The Kier molecular flexibility index (Phi) is 7.63. The van der Waals surface area contributed by atoms with E-state index in [1.807, 2.05) is 52.6 Å². The molecule has 1 atom stereocenters. The molecule has 3 aliphatic heterocycles. The number of amides is 1. The van der Waals surface area contributed by atoms with E-state index in [0.717, 1.165) is 49.9 Å². The van der Waals surface area contributed by atoms with Crippen molar-refractivity contribution in [2.24, 2.45) is 0 Å². The number of piperazine rings is 1. The van der Waals surface area contributed by atoms with Gasteiger partial charge in [0, 0.05) is 55.6 Å². The number of carbonyl (C=O) groups excluding carboxylic acids is 1. The second-order valence-corrected chi connectivity index (χ2v) is 14.8. The molecule has 7 rings (SSSR count). The third-order valence-electron chi connectivity index (χ3n) is 8.80. The summed E-state index contributed by atoms with van der Waals surface area (Å²) in [5.41, 5.74) is 1.69. The standard InChI is InChI=1S/C33H36N4O4S2/c1-34-14-16-35(17-15-34)22-28-18-26-21-36(13-12-32(26)42-28)33(38)20-27-23-41-31-9-5-4-8-30(31)37(27)43(39,40)29-11-10-24-6-2-3-7-25(24)19-29/h2-11,18-19,27H,12-17,20-23H2,1H3. The molecule has 0 aliphatic carbocycles. The third-order valence-corrected chi connectivity index (χ3v) is 11.9. The number of fused-ring (bicyclic) bond motifs is 3. The van der Waals surface area contributed by atoms with Gasteiger partial charge < -0.3 is 14.5 Å². The van der Waals surface area contributed by atoms with Gasteiger partial charge in [-0.15, -0.1) is 11.3 Å². The molecule has 0 radical (unpaired) electrons. The summed E-state index contributed by atoms with van der Waals surface area (Å²) in [6.45, 7) is 6.62. The average Bonchev–Trinajstić information content (AvgIpc) is 3.43. The van der Waals surface area contributed by atoms with Gasteiger partial charge in [-0.05, 0) is 60.1 Å². The van der Waals surface area contributed by atoms with Crippen LogP contribution in [-0.2, 0) is 34.3 Å². The van der Waals surface area contributed by atoms with Crippen LogP contribution in [0.25, 0.3) is 10.8 Å². The largest absolute Gasteiger partial charge is 0.489 e. The van der Waals surface area contributed by atoms with Crippen molar-refractivity contribution in [1.29, 1.82) is 0 Å². The monoisotopic (exact) mass is 616 g/mol. The van der Waals surface area contributed by atoms with Crippen LogP contribution >= 0.6 is 11.3 Å². The van der Waals surface area contributed by atoms with E-state index in [9.17, 15) is 13.2 Å². The van der Waals surface area contributed by atoms with E-state index in [1.165, 1.54) is 19.6 Å². The minimum absolute atomic E-state index is 0.0504. The van der Waals surface area contributed by atoms with Gasteiger partial charge in [0.2, 0.25) is 5.91 Å². The molecule has 43 heavy (non-hydrogen) atoms. The minimum Gasteiger partial charge on any atom is -0.489 e. The van der Waals surface area contributed by atoms with E-state index in [-0.39, 0.29) is 23.8 Å². The lowest BCUT2D eigenvalue weighted by Gasteiger charge is -2.38. The van der Waals surface area contributed by atoms with Gasteiger partial charge >= 0.3 is 0 Å². The molecule has 8 nitrogen and oxygen atoms in total. The first-order chi connectivity index (χ1) is 20.8. The maximum atomic E-state index is 14.2. The highest BCUT2D eigenvalue weighted by Crippen LogP contribution is 2.39. The van der Waals surface area contributed by atoms with E-state index in [2.05, 4.69) is 22.9 Å². The lowest BCUT2D eigenvalue weighted by molar-refractivity contribution is -0.132. The summed E-state index contributed by atoms with van der Waals surface area (Å²) in [7, 11) is -1.81. The maximum absolute atomic E-state index is 14.2. The topological polar surface area (TPSA) is 73.4 Å². The lowest BCUT2D eigenvalue weighted by Crippen LogP contribution is -2.49. The highest BCUT2D eigenvalue weighted by molar-refractivity contribution is 7.92. The molecule has 1 aromatic heterocycles. The highest BCUT2D eigenvalue weighted by atomic mass is 32.2. The van der Waals surface area contributed by atoms with Crippen molar-refractivity contribution in [2.45, 2.75) is 36.9 Å². The number of sulfonamides is 1. The third kappa shape index (κ3) is 5.64. The summed E-state index contributed by atoms with van der Waals surface area (Å²) >= 11 is 1.87. The summed E-state index contributed by atoms with van der Waals surface area (Å²) in [6, 6.07) is 21.7. The van der Waals surface area contributed by atoms with Crippen molar-refractivity contribution in [3.63, 3.8) is 0 Å². The SMILES string of the molecule is CN1CCN(Cc2cc3c(s2)CCN(C(=O)CC2COc4ccccc4N2S(=O)(=O)c2ccc4ccccc4c2)C3)CC1. The number of benzene rings is 3. The molecule has 1 saturated heterocycles. The fourth-order valence-corrected chi connectivity index (χ4v) is 9.26. The first-order valence-electron chi connectivity index (χ1n) is 14.9. The van der Waals surface area contributed by atoms with Crippen LogP contribution in [0, 0.1) is 0 Å². The van der Waals surface area contributed by atoms with Crippen LogP contribution < -0.4 is 9.04 Å². The first-order valence-corrected chi connectivity index (χ1v) is 17.1. The first kappa shape index (κ1) is 28.3. The Morgan fingerprint density at radius 3 is 2.53 bits per heavy atom. The summed E-state index contributed by atoms with van der Waals surface area (Å²) in [5, 5.41) is 1.82. The number of carbonyl (C=O) groups is 1. The number of rotatable bonds is 6. The number of ether oxygens (including phenoxy) is 1. The fourth-order valence-electron chi connectivity index (χ4n) is 6.36. The number of nitrogens with zero attached hydrogens (tertiary/aromatic N) is 4. The van der Waals surface area contributed by atoms with Crippen LogP contribution in [0.3, 0.4) is 0 Å². The zero-order valence-electron chi connectivity index (χ0n) is 24.3. The Hall–Kier alpha value is -3.44. The van der Waals surface area contributed by atoms with Crippen molar-refractivity contribution in [2.75, 3.05) is 50.7 Å². The number of thiophene rings is 1. The number of likely N-dealkylation sites (N-methyl/N-ethyl adjacent to an activating group) is 1. The fraction of sp³-hybridized carbons (Fsp3) is 0.364. The van der Waals surface area contributed by atoms with Crippen LogP contribution in [0.5, 0.6) is 5.75 Å². The minimum atomic E-state index is -3.98. The van der Waals surface area contributed by atoms with Gasteiger partial charge in [-0.1, -0.05) is 42.5 Å². The molecule has 4 heterocycles. The van der Waals surface area contributed by atoms with Gasteiger partial charge in [0.15, 0.2) is 0 Å². The summed E-state index contributed by atoms with van der Waals surface area (Å²) < 4.78 is 35.9. The van der Waals surface area contributed by atoms with Crippen LogP contribution in [0.15, 0.2) is 77.7 Å². The van der Waals surface area contributed by atoms with Crippen molar-refractivity contribution >= 4 is 43.7 Å². The molecule has 3 aliphatic rings. The Bertz CT molecular complexity index is 1760. The predicted molar refractivity (Wildman–Crippen MR) is 170 cm³/mol. The van der Waals surface area contributed by atoms with Crippen LogP contribution in [-0.4, -0.2) is 81.4 Å². The molecule has 0 N–H and O–H groups in total. The molecule has 1 amide bonds. The van der Waals surface area contributed by atoms with Crippen LogP contribution in [0.4, 0.5) is 5.69 Å². The molecule has 1 fully saturated rings. The molecule has 1 unspecified atom stereocenters. The van der Waals surface area contributed by atoms with E-state index in [4.69, 9.17) is 4.74 Å². The van der Waals surface area contributed by atoms with Gasteiger partial charge in [0.1, 0.15) is 12.4 Å². The number of para-hydroxylation sites is 2. The van der Waals surface area contributed by atoms with E-state index in [1.54, 1.807) is 30.3 Å². The lowest BCUT2D eigenvalue weighted by atomic mass is 10.1. The van der Waals surface area contributed by atoms with Crippen molar-refractivity contribution in [3.05, 3.63) is 88.1 Å². The van der Waals surface area contributed by atoms with Gasteiger partial charge in [0.25, 0.3) is 10.0 Å². The normalized spacial score (nSPS) is 19.6. The quantitative estimate of drug-likeness (QED) is 0.316. The van der Waals surface area contributed by atoms with Gasteiger partial charge in [-0.3, -0.25) is 14.0 Å². The summed E-state index contributed by atoms with van der Waals surface area (Å²) in [5.74, 6) is 0.452. The molecule has 4 aromatic rings. The van der Waals surface area contributed by atoms with Crippen LogP contribution in [0.2, 0.25) is 0 Å². The van der Waals surface area contributed by atoms with E-state index >= 15 is 0 Å². The van der Waals surface area contributed by atoms with Gasteiger partial charge in [-0.2, -0.15) is 0 Å². The van der Waals surface area contributed by atoms with Crippen molar-refractivity contribution < 1.29 is 17.9 Å². The summed E-state index contributed by atoms with van der Waals surface area (Å²) in [4.78, 5) is 23.4. The number of hydrogen-bond donors (Lipinski definition) is 0. The van der Waals surface area contributed by atoms with Gasteiger partial charge in [0.05, 0.1) is 23.0 Å². The van der Waals surface area contributed by atoms with Crippen molar-refractivity contribution in [3.8, 4) is 5.75 Å². The van der Waals surface area contributed by atoms with Crippen molar-refractivity contribution in [1.82, 2.24) is 14.7 Å². The molecule has 224 valence electrons. The summed E-state index contributed by atoms with van der Waals surface area (Å²) in [6.07, 6.45) is 0.881. The van der Waals surface area contributed by atoms with Gasteiger partial charge in [-0.25, -0.2) is 8.42 Å². The maximum Gasteiger partial charge on any atom is 0.264 e. The molecule has 0 bridgehead atoms. The Morgan fingerprint density at radius 1 is 0.930 bits per heavy atom. The highest BCUT2D eigenvalue weighted by Gasteiger charge is 2.39. The molecule has 0 spiro atoms. The zero-order valence-corrected chi connectivity index (χ0v) is 25.9. The van der Waals surface area contributed by atoms with E-state index < -0.39 is 16.1 Å². The second kappa shape index (κ2) is 11.6. The van der Waals surface area contributed by atoms with Crippen LogP contribution in [0.1, 0.15) is 21.7 Å². The smallest absolute Gasteiger partial charge is 0.264 e. The second-order valence-electron chi connectivity index (χ2n) is 11.8. The molecule has 3 aromatic carbocycles. The Balaban J connectivity index is 1.10.